The standard InChI is InChI=1S/C15H18BrNO3/c16-13-3-1-2-11(8-13)10-19-15(18)20-14-9-17-6-4-12(14)5-7-17/h1-3,8,12,14H,4-7,9-10H2/t14-/m0/s1. The zero-order chi connectivity index (χ0) is 13.9. The molecule has 2 bridgehead atoms. The number of rotatable bonds is 3. The second kappa shape index (κ2) is 6.14. The number of halogens is 1. The fourth-order valence-corrected chi connectivity index (χ4v) is 3.42. The van der Waals surface area contributed by atoms with E-state index in [1.807, 2.05) is 24.3 Å². The fourth-order valence-electron chi connectivity index (χ4n) is 2.97. The molecular formula is C15H18BrNO3. The third kappa shape index (κ3) is 3.33. The Bertz CT molecular complexity index is 486. The van der Waals surface area contributed by atoms with Gasteiger partial charge in [0.1, 0.15) is 12.7 Å². The third-order valence-electron chi connectivity index (χ3n) is 4.09. The second-order valence-corrected chi connectivity index (χ2v) is 6.38. The highest BCUT2D eigenvalue weighted by Gasteiger charge is 2.36. The molecule has 4 rings (SSSR count). The van der Waals surface area contributed by atoms with Gasteiger partial charge in [0.2, 0.25) is 0 Å². The van der Waals surface area contributed by atoms with Crippen molar-refractivity contribution in [3.8, 4) is 0 Å². The van der Waals surface area contributed by atoms with Crippen LogP contribution in [0.5, 0.6) is 0 Å². The normalized spacial score (nSPS) is 28.1. The number of nitrogens with zero attached hydrogens (tertiary/aromatic N) is 1. The number of hydrogen-bond donors (Lipinski definition) is 0. The summed E-state index contributed by atoms with van der Waals surface area (Å²) in [5, 5.41) is 0. The van der Waals surface area contributed by atoms with E-state index in [-0.39, 0.29) is 12.7 Å². The summed E-state index contributed by atoms with van der Waals surface area (Å²) in [7, 11) is 0. The highest BCUT2D eigenvalue weighted by molar-refractivity contribution is 9.10. The maximum absolute atomic E-state index is 11.8. The predicted molar refractivity (Wildman–Crippen MR) is 78.4 cm³/mol. The van der Waals surface area contributed by atoms with E-state index in [9.17, 15) is 4.79 Å². The van der Waals surface area contributed by atoms with E-state index in [1.165, 1.54) is 0 Å². The number of piperidine rings is 3. The van der Waals surface area contributed by atoms with E-state index in [4.69, 9.17) is 9.47 Å². The molecule has 3 saturated heterocycles. The smallest absolute Gasteiger partial charge is 0.429 e. The van der Waals surface area contributed by atoms with Crippen molar-refractivity contribution in [2.75, 3.05) is 19.6 Å². The molecule has 20 heavy (non-hydrogen) atoms. The van der Waals surface area contributed by atoms with Crippen LogP contribution in [0.3, 0.4) is 0 Å². The Kier molecular flexibility index (Phi) is 4.27. The van der Waals surface area contributed by atoms with Gasteiger partial charge in [-0.05, 0) is 49.5 Å². The van der Waals surface area contributed by atoms with Crippen LogP contribution in [0, 0.1) is 5.92 Å². The van der Waals surface area contributed by atoms with E-state index in [0.717, 1.165) is 42.5 Å². The van der Waals surface area contributed by atoms with Gasteiger partial charge in [0.25, 0.3) is 0 Å². The van der Waals surface area contributed by atoms with Crippen LogP contribution in [-0.2, 0) is 16.1 Å². The Morgan fingerprint density at radius 2 is 2.15 bits per heavy atom. The predicted octanol–water partition coefficient (Wildman–Crippen LogP) is 3.20. The summed E-state index contributed by atoms with van der Waals surface area (Å²) >= 11 is 3.39. The van der Waals surface area contributed by atoms with E-state index < -0.39 is 6.16 Å². The number of hydrogen-bond acceptors (Lipinski definition) is 4. The lowest BCUT2D eigenvalue weighted by molar-refractivity contribution is -0.0599. The second-order valence-electron chi connectivity index (χ2n) is 5.46. The fraction of sp³-hybridized carbons (Fsp3) is 0.533. The summed E-state index contributed by atoms with van der Waals surface area (Å²) in [6.07, 6.45) is 1.71. The van der Waals surface area contributed by atoms with Crippen molar-refractivity contribution in [1.29, 1.82) is 0 Å². The van der Waals surface area contributed by atoms with E-state index in [0.29, 0.717) is 5.92 Å². The van der Waals surface area contributed by atoms with Crippen LogP contribution in [0.1, 0.15) is 18.4 Å². The lowest BCUT2D eigenvalue weighted by atomic mass is 9.86. The molecule has 0 unspecified atom stereocenters. The molecule has 108 valence electrons. The van der Waals surface area contributed by atoms with Crippen molar-refractivity contribution >= 4 is 22.1 Å². The van der Waals surface area contributed by atoms with Crippen LogP contribution in [0.4, 0.5) is 4.79 Å². The molecule has 5 heteroatoms. The van der Waals surface area contributed by atoms with Gasteiger partial charge in [-0.2, -0.15) is 0 Å². The van der Waals surface area contributed by atoms with Crippen LogP contribution in [0.15, 0.2) is 28.7 Å². The Balaban J connectivity index is 1.48. The minimum Gasteiger partial charge on any atom is -0.429 e. The van der Waals surface area contributed by atoms with Gasteiger partial charge in [-0.25, -0.2) is 4.79 Å². The SMILES string of the molecule is O=C(OCc1cccc(Br)c1)O[C@H]1CN2CCC1CC2. The molecule has 3 aliphatic heterocycles. The number of benzene rings is 1. The first-order valence-corrected chi connectivity index (χ1v) is 7.80. The first kappa shape index (κ1) is 13.9. The van der Waals surface area contributed by atoms with E-state index in [1.54, 1.807) is 0 Å². The molecule has 0 N–H and O–H groups in total. The minimum atomic E-state index is -0.552. The summed E-state index contributed by atoms with van der Waals surface area (Å²) in [6.45, 7) is 3.38. The van der Waals surface area contributed by atoms with Crippen molar-refractivity contribution in [1.82, 2.24) is 4.90 Å². The summed E-state index contributed by atoms with van der Waals surface area (Å²) < 4.78 is 11.6. The zero-order valence-electron chi connectivity index (χ0n) is 11.3. The van der Waals surface area contributed by atoms with Gasteiger partial charge in [-0.3, -0.25) is 4.90 Å². The van der Waals surface area contributed by atoms with Crippen LogP contribution >= 0.6 is 15.9 Å². The molecule has 3 heterocycles. The Morgan fingerprint density at radius 1 is 1.35 bits per heavy atom. The lowest BCUT2D eigenvalue weighted by Gasteiger charge is -2.43. The molecule has 0 aliphatic carbocycles. The van der Waals surface area contributed by atoms with Crippen LogP contribution in [0.25, 0.3) is 0 Å². The van der Waals surface area contributed by atoms with E-state index >= 15 is 0 Å². The molecule has 1 atom stereocenters. The summed E-state index contributed by atoms with van der Waals surface area (Å²) in [5.41, 5.74) is 0.949. The van der Waals surface area contributed by atoms with Crippen molar-refractivity contribution in [3.05, 3.63) is 34.3 Å². The van der Waals surface area contributed by atoms with Gasteiger partial charge in [-0.1, -0.05) is 28.1 Å². The maximum atomic E-state index is 11.8. The largest absolute Gasteiger partial charge is 0.508 e. The molecule has 0 amide bonds. The lowest BCUT2D eigenvalue weighted by Crippen LogP contribution is -2.51. The third-order valence-corrected chi connectivity index (χ3v) is 4.58. The highest BCUT2D eigenvalue weighted by atomic mass is 79.9. The van der Waals surface area contributed by atoms with Crippen molar-refractivity contribution < 1.29 is 14.3 Å². The molecule has 0 radical (unpaired) electrons. The average molecular weight is 340 g/mol. The zero-order valence-corrected chi connectivity index (χ0v) is 12.8. The van der Waals surface area contributed by atoms with Crippen molar-refractivity contribution in [3.63, 3.8) is 0 Å². The molecule has 0 spiro atoms. The van der Waals surface area contributed by atoms with Crippen molar-refractivity contribution in [2.45, 2.75) is 25.6 Å². The Hall–Kier alpha value is -1.07. The number of carbonyl (C=O) groups excluding carboxylic acids is 1. The van der Waals surface area contributed by atoms with Gasteiger partial charge >= 0.3 is 6.16 Å². The molecule has 3 fully saturated rings. The number of fused-ring (bicyclic) bond motifs is 3. The quantitative estimate of drug-likeness (QED) is 0.792. The summed E-state index contributed by atoms with van der Waals surface area (Å²) in [4.78, 5) is 14.1. The molecule has 0 aromatic heterocycles. The van der Waals surface area contributed by atoms with Gasteiger partial charge in [-0.15, -0.1) is 0 Å². The summed E-state index contributed by atoms with van der Waals surface area (Å²) in [5.74, 6) is 0.512. The first-order valence-electron chi connectivity index (χ1n) is 7.01. The Morgan fingerprint density at radius 3 is 2.80 bits per heavy atom. The van der Waals surface area contributed by atoms with Crippen LogP contribution in [0.2, 0.25) is 0 Å². The molecule has 3 aliphatic rings. The van der Waals surface area contributed by atoms with Gasteiger partial charge in [0.15, 0.2) is 0 Å². The monoisotopic (exact) mass is 339 g/mol. The molecule has 4 nitrogen and oxygen atoms in total. The maximum Gasteiger partial charge on any atom is 0.508 e. The number of ether oxygens (including phenoxy) is 2. The summed E-state index contributed by atoms with van der Waals surface area (Å²) in [6, 6.07) is 7.71. The van der Waals surface area contributed by atoms with Crippen molar-refractivity contribution in [2.24, 2.45) is 5.92 Å². The molecule has 1 aromatic carbocycles. The average Bonchev–Trinajstić information content (AvgIpc) is 2.46. The van der Waals surface area contributed by atoms with E-state index in [2.05, 4.69) is 20.8 Å². The molecule has 0 saturated carbocycles. The highest BCUT2D eigenvalue weighted by Crippen LogP contribution is 2.29. The van der Waals surface area contributed by atoms with Crippen LogP contribution in [-0.4, -0.2) is 36.8 Å². The van der Waals surface area contributed by atoms with Gasteiger partial charge in [0, 0.05) is 11.0 Å². The topological polar surface area (TPSA) is 38.8 Å². The van der Waals surface area contributed by atoms with Gasteiger partial charge in [0.05, 0.1) is 0 Å². The number of carbonyl (C=O) groups is 1. The molecular weight excluding hydrogens is 322 g/mol. The Labute approximate surface area is 127 Å². The molecule has 1 aromatic rings. The minimum absolute atomic E-state index is 0.00695. The van der Waals surface area contributed by atoms with Crippen LogP contribution < -0.4 is 0 Å². The van der Waals surface area contributed by atoms with Gasteiger partial charge < -0.3 is 9.47 Å². The first-order chi connectivity index (χ1) is 9.70.